The van der Waals surface area contributed by atoms with Crippen molar-refractivity contribution in [3.63, 3.8) is 0 Å². The molecule has 14 heteroatoms. The number of hydrogen-bond acceptors (Lipinski definition) is 12. The molecule has 1 aliphatic heterocycles. The van der Waals surface area contributed by atoms with Crippen molar-refractivity contribution in [3.05, 3.63) is 430 Å². The van der Waals surface area contributed by atoms with Gasteiger partial charge in [-0.2, -0.15) is 9.97 Å². The third kappa shape index (κ3) is 16.0. The molecule has 0 amide bonds. The second-order valence-corrected chi connectivity index (χ2v) is 39.2. The minimum absolute atomic E-state index is 0.185. The summed E-state index contributed by atoms with van der Waals surface area (Å²) in [5.41, 5.74) is 24.3. The van der Waals surface area contributed by atoms with Crippen LogP contribution < -0.4 is 5.46 Å². The molecule has 8 nitrogen and oxygen atoms in total. The van der Waals surface area contributed by atoms with E-state index < -0.39 is 0 Å². The molecule has 0 atom stereocenters. The number of halogens is 1. The zero-order valence-electron chi connectivity index (χ0n) is 73.5. The van der Waals surface area contributed by atoms with E-state index >= 15 is 0 Å². The van der Waals surface area contributed by atoms with Crippen LogP contribution in [0.25, 0.3) is 227 Å². The maximum absolute atomic E-state index is 6.40. The van der Waals surface area contributed by atoms with E-state index in [-0.39, 0.29) is 23.6 Å². The van der Waals surface area contributed by atoms with Crippen LogP contribution in [0.1, 0.15) is 27.7 Å². The van der Waals surface area contributed by atoms with E-state index in [2.05, 4.69) is 408 Å². The number of aromatic nitrogens is 6. The molecule has 1 aliphatic rings. The van der Waals surface area contributed by atoms with Crippen molar-refractivity contribution in [1.29, 1.82) is 0 Å². The van der Waals surface area contributed by atoms with Crippen molar-refractivity contribution in [1.82, 2.24) is 29.9 Å². The van der Waals surface area contributed by atoms with Crippen molar-refractivity contribution in [2.45, 2.75) is 38.9 Å². The summed E-state index contributed by atoms with van der Waals surface area (Å²) in [5, 5.41) is 10.1. The quantitative estimate of drug-likeness (QED) is 0.0994. The van der Waals surface area contributed by atoms with Crippen molar-refractivity contribution in [3.8, 4) is 146 Å². The van der Waals surface area contributed by atoms with Gasteiger partial charge in [0.05, 0.1) is 11.2 Å². The summed E-state index contributed by atoms with van der Waals surface area (Å²) in [4.78, 5) is 29.4. The highest BCUT2D eigenvalue weighted by Gasteiger charge is 2.52. The second kappa shape index (κ2) is 35.3. The predicted octanol–water partition coefficient (Wildman–Crippen LogP) is 33.5. The van der Waals surface area contributed by atoms with E-state index in [1.54, 1.807) is 11.3 Å². The van der Waals surface area contributed by atoms with Gasteiger partial charge < -0.3 is 9.31 Å². The van der Waals surface area contributed by atoms with Gasteiger partial charge in [-0.1, -0.05) is 382 Å². The highest BCUT2D eigenvalue weighted by atomic mass is 35.5. The molecule has 24 aromatic rings. The summed E-state index contributed by atoms with van der Waals surface area (Å²) >= 11 is 13.7. The van der Waals surface area contributed by atoms with Crippen molar-refractivity contribution >= 4 is 150 Å². The van der Waals surface area contributed by atoms with E-state index in [0.29, 0.717) is 29.1 Å². The smallest absolute Gasteiger partial charge is 0.399 e. The van der Waals surface area contributed by atoms with Crippen LogP contribution in [0.5, 0.6) is 0 Å². The fourth-order valence-electron chi connectivity index (χ4n) is 18.4. The van der Waals surface area contributed by atoms with E-state index in [4.69, 9.17) is 40.8 Å². The molecule has 0 spiro atoms. The Morgan fingerprint density at radius 2 is 0.478 bits per heavy atom. The van der Waals surface area contributed by atoms with Crippen molar-refractivity contribution in [2.24, 2.45) is 0 Å². The first-order valence-corrected chi connectivity index (χ1v) is 48.5. The number of nitrogens with zero attached hydrogens (tertiary/aromatic N) is 6. The third-order valence-corrected chi connectivity index (χ3v) is 30.8. The minimum atomic E-state index is -0.361. The highest BCUT2D eigenvalue weighted by molar-refractivity contribution is 7.27. The van der Waals surface area contributed by atoms with Crippen LogP contribution in [0.3, 0.4) is 0 Å². The number of fused-ring (bicyclic) bond motifs is 12. The zero-order valence-corrected chi connectivity index (χ0v) is 77.5. The molecule has 1 saturated heterocycles. The number of hydrogen-bond donors (Lipinski definition) is 0. The van der Waals surface area contributed by atoms with Gasteiger partial charge >= 0.3 is 7.12 Å². The van der Waals surface area contributed by atoms with Gasteiger partial charge in [0.1, 0.15) is 0 Å². The van der Waals surface area contributed by atoms with Crippen LogP contribution in [0.15, 0.2) is 425 Å². The largest absolute Gasteiger partial charge is 0.494 e. The summed E-state index contributed by atoms with van der Waals surface area (Å²) in [6.07, 6.45) is 0. The van der Waals surface area contributed by atoms with E-state index in [1.165, 1.54) is 142 Å². The fourth-order valence-corrected chi connectivity index (χ4v) is 23.5. The van der Waals surface area contributed by atoms with Crippen LogP contribution in [0, 0.1) is 0 Å². The lowest BCUT2D eigenvalue weighted by atomic mass is 9.78. The molecule has 0 saturated carbocycles. The molecule has 638 valence electrons. The SMILES string of the molecule is CC1(C)OB(c2cccc(-c3cccc(-c4cccc5c4sc4ccccc45)c3)c2)OC1(C)C.Clc1nc(-c2ccccc2)nc(-c2cccc3sc4c(-c5ccc(-c6ccccc6)cc5)cccc4c23)n1.c1ccc(-c2ccc(-c3cccc4c3sc3cccc(-c5nc(-c6ccccc6)nc(-c6cccc(-c7cccc(-c8cccc9c8sc8ccccc89)c7)c6)n5)c34)cc2)cc1. The summed E-state index contributed by atoms with van der Waals surface area (Å²) in [5.74, 6) is 3.08. The van der Waals surface area contributed by atoms with Gasteiger partial charge in [0.25, 0.3) is 0 Å². The molecule has 7 heterocycles. The molecule has 0 unspecified atom stereocenters. The third-order valence-electron chi connectivity index (χ3n) is 25.8. The second-order valence-electron chi connectivity index (χ2n) is 34.6. The van der Waals surface area contributed by atoms with Crippen molar-refractivity contribution in [2.75, 3.05) is 0 Å². The van der Waals surface area contributed by atoms with Gasteiger partial charge in [0, 0.05) is 109 Å². The van der Waals surface area contributed by atoms with E-state index in [9.17, 15) is 0 Å². The number of benzene rings is 18. The average molecular weight is 1810 g/mol. The Bertz CT molecular complexity index is 8580. The maximum Gasteiger partial charge on any atom is 0.494 e. The van der Waals surface area contributed by atoms with Crippen LogP contribution in [0.4, 0.5) is 0 Å². The van der Waals surface area contributed by atoms with Gasteiger partial charge in [-0.05, 0) is 176 Å². The van der Waals surface area contributed by atoms with Gasteiger partial charge in [0.15, 0.2) is 29.1 Å². The number of rotatable bonds is 14. The monoisotopic (exact) mass is 1810 g/mol. The summed E-state index contributed by atoms with van der Waals surface area (Å²) in [7, 11) is -0.361. The maximum atomic E-state index is 6.40. The molecule has 0 N–H and O–H groups in total. The summed E-state index contributed by atoms with van der Waals surface area (Å²) < 4.78 is 22.7. The van der Waals surface area contributed by atoms with Crippen molar-refractivity contribution < 1.29 is 9.31 Å². The van der Waals surface area contributed by atoms with Crippen LogP contribution >= 0.6 is 56.9 Å². The normalized spacial score (nSPS) is 12.9. The fraction of sp³-hybridized carbons (Fsp3) is 0.0500. The Kier molecular flexibility index (Phi) is 22.0. The van der Waals surface area contributed by atoms with Gasteiger partial charge in [-0.25, -0.2) is 19.9 Å². The van der Waals surface area contributed by atoms with E-state index in [1.807, 2.05) is 88.6 Å². The lowest BCUT2D eigenvalue weighted by molar-refractivity contribution is 0.00578. The number of thiophene rings is 4. The van der Waals surface area contributed by atoms with Crippen LogP contribution in [-0.2, 0) is 9.31 Å². The summed E-state index contributed by atoms with van der Waals surface area (Å²) in [6, 6.07) is 150. The Hall–Kier alpha value is -14.9. The van der Waals surface area contributed by atoms with Gasteiger partial charge in [0.2, 0.25) is 5.28 Å². The van der Waals surface area contributed by atoms with Crippen LogP contribution in [0.2, 0.25) is 5.28 Å². The molecule has 18 aromatic carbocycles. The molecule has 134 heavy (non-hydrogen) atoms. The topological polar surface area (TPSA) is 95.8 Å². The van der Waals surface area contributed by atoms with Gasteiger partial charge in [-0.15, -0.1) is 45.3 Å². The zero-order chi connectivity index (χ0) is 90.0. The molecule has 6 aromatic heterocycles. The first-order valence-electron chi connectivity index (χ1n) is 44.9. The lowest BCUT2D eigenvalue weighted by Crippen LogP contribution is -2.41. The molecule has 0 bridgehead atoms. The molecule has 1 fully saturated rings. The van der Waals surface area contributed by atoms with Crippen LogP contribution in [-0.4, -0.2) is 48.2 Å². The van der Waals surface area contributed by atoms with Gasteiger partial charge in [-0.3, -0.25) is 0 Å². The molecule has 0 aliphatic carbocycles. The Morgan fingerprint density at radius 1 is 0.209 bits per heavy atom. The molecule has 25 rings (SSSR count). The average Bonchev–Trinajstić information content (AvgIpc) is 1.60. The van der Waals surface area contributed by atoms with E-state index in [0.717, 1.165) is 60.7 Å². The highest BCUT2D eigenvalue weighted by Crippen LogP contribution is 2.49. The first kappa shape index (κ1) is 83.5. The minimum Gasteiger partial charge on any atom is -0.399 e. The molecular weight excluding hydrogens is 1730 g/mol. The standard InChI is InChI=1S/C57H35N3S2.C33H20ClN3S.C30H27BO2S/c1-3-14-36(15-4-1)37-30-32-38(33-31-37)44-23-12-26-48-52-49(27-13-29-51(52)62-54(44)48)57-59-55(39-16-5-2-6-17-39)58-56(60-57)43-21-10-19-41(35-43)40-18-9-20-42(34-40)45-24-11-25-47-46-22-7-8-28-50(46)61-53(45)47;34-33-36-31(24-11-5-2-6-12-24)35-32(37-33)27-15-8-16-28-29(27)26-14-7-13-25(30(26)38-28)23-19-17-22(18-20-23)21-9-3-1-4-10-21;1-29(2)30(3,4)33-31(32-29)23-13-8-11-21(19-23)20-10-7-12-22(18-20)24-15-9-16-26-25-14-5-6-17-27(25)34-28(24)26/h1-35H;1-20H;5-19H,1-4H3. The lowest BCUT2D eigenvalue weighted by Gasteiger charge is -2.32. The first-order chi connectivity index (χ1) is 65.8. The summed E-state index contributed by atoms with van der Waals surface area (Å²) in [6.45, 7) is 8.37. The molecular formula is C120H82BClN6O2S4. The Balaban J connectivity index is 0.000000121. The Labute approximate surface area is 797 Å². The predicted molar refractivity (Wildman–Crippen MR) is 569 cm³/mol. The Morgan fingerprint density at radius 3 is 0.933 bits per heavy atom. The molecule has 0 radical (unpaired) electrons.